The smallest absolute Gasteiger partial charge is 0.188 e. The van der Waals surface area contributed by atoms with Crippen molar-refractivity contribution in [2.75, 3.05) is 0 Å². The van der Waals surface area contributed by atoms with E-state index in [-0.39, 0.29) is 0 Å². The lowest BCUT2D eigenvalue weighted by Crippen LogP contribution is -2.44. The second-order valence-electron chi connectivity index (χ2n) is 1.47. The Hall–Kier alpha value is -1.08. The third-order valence-corrected chi connectivity index (χ3v) is 0.615. The van der Waals surface area contributed by atoms with Gasteiger partial charge < -0.3 is 15.0 Å². The topological polar surface area (TPSA) is 84.1 Å². The van der Waals surface area contributed by atoms with Crippen LogP contribution in [-0.2, 0) is 4.79 Å². The van der Waals surface area contributed by atoms with Crippen molar-refractivity contribution in [2.24, 2.45) is 0 Å². The van der Waals surface area contributed by atoms with E-state index in [0.717, 1.165) is 13.0 Å². The largest absolute Gasteiger partial charge is 0.546 e. The highest BCUT2D eigenvalue weighted by molar-refractivity contribution is 5.77. The van der Waals surface area contributed by atoms with Crippen LogP contribution < -0.4 is 5.11 Å². The Kier molecular flexibility index (Phi) is 1.56. The lowest BCUT2D eigenvalue weighted by molar-refractivity contribution is -0.319. The molecule has 0 radical (unpaired) electrons. The Labute approximate surface area is 46.0 Å². The maximum Gasteiger partial charge on any atom is 0.188 e. The van der Waals surface area contributed by atoms with Gasteiger partial charge in [-0.25, -0.2) is 0 Å². The molecule has 0 saturated heterocycles. The summed E-state index contributed by atoms with van der Waals surface area (Å²) in [5, 5.41) is 25.9. The highest BCUT2D eigenvalue weighted by Crippen LogP contribution is 1.95. The van der Waals surface area contributed by atoms with Gasteiger partial charge in [-0.1, -0.05) is 0 Å². The Bertz CT molecular complexity index is 144. The van der Waals surface area contributed by atoms with Crippen molar-refractivity contribution in [3.63, 3.8) is 0 Å². The summed E-state index contributed by atoms with van der Waals surface area (Å²) in [5.74, 6) is -1.78. The Morgan fingerprint density at radius 2 is 2.38 bits per heavy atom. The molecule has 0 fully saturated rings. The molecule has 44 valence electrons. The van der Waals surface area contributed by atoms with Crippen LogP contribution in [0.5, 0.6) is 0 Å². The van der Waals surface area contributed by atoms with Gasteiger partial charge in [0.2, 0.25) is 0 Å². The van der Waals surface area contributed by atoms with Crippen LogP contribution >= 0.6 is 0 Å². The van der Waals surface area contributed by atoms with Gasteiger partial charge in [-0.3, -0.25) is 0 Å². The van der Waals surface area contributed by atoms with E-state index >= 15 is 0 Å². The summed E-state index contributed by atoms with van der Waals surface area (Å²) < 4.78 is 0. The van der Waals surface area contributed by atoms with Gasteiger partial charge in [-0.05, 0) is 6.92 Å². The van der Waals surface area contributed by atoms with Gasteiger partial charge in [-0.15, -0.1) is 0 Å². The molecule has 0 amide bonds. The average Bonchev–Trinajstić information content (AvgIpc) is 1.67. The molecule has 8 heavy (non-hydrogen) atoms. The zero-order chi connectivity index (χ0) is 6.78. The van der Waals surface area contributed by atoms with E-state index in [4.69, 9.17) is 10.4 Å². The van der Waals surface area contributed by atoms with E-state index in [1.54, 1.807) is 0 Å². The van der Waals surface area contributed by atoms with Crippen LogP contribution in [0, 0.1) is 11.3 Å². The van der Waals surface area contributed by atoms with Crippen molar-refractivity contribution in [3.8, 4) is 6.07 Å². The van der Waals surface area contributed by atoms with Crippen LogP contribution in [-0.4, -0.2) is 16.7 Å². The number of carboxylic acid groups (broad SMARTS) is 1. The minimum atomic E-state index is -2.35. The van der Waals surface area contributed by atoms with Gasteiger partial charge in [0, 0.05) is 0 Å². The summed E-state index contributed by atoms with van der Waals surface area (Å²) in [4.78, 5) is 9.67. The van der Waals surface area contributed by atoms with Crippen LogP contribution in [0.15, 0.2) is 0 Å². The molecule has 0 saturated carbocycles. The molecule has 0 spiro atoms. The fourth-order valence-electron chi connectivity index (χ4n) is 0.0456. The van der Waals surface area contributed by atoms with Crippen molar-refractivity contribution in [3.05, 3.63) is 0 Å². The van der Waals surface area contributed by atoms with E-state index in [1.807, 2.05) is 0 Å². The molecule has 0 aliphatic heterocycles. The molecule has 1 atom stereocenters. The molecule has 0 aliphatic carbocycles. The summed E-state index contributed by atoms with van der Waals surface area (Å²) in [6.45, 7) is 0.850. The summed E-state index contributed by atoms with van der Waals surface area (Å²) in [6.07, 6.45) is 0. The fourth-order valence-corrected chi connectivity index (χ4v) is 0.0456. The second kappa shape index (κ2) is 1.80. The van der Waals surface area contributed by atoms with E-state index in [9.17, 15) is 9.90 Å². The predicted octanol–water partition coefficient (Wildman–Crippen LogP) is -1.99. The summed E-state index contributed by atoms with van der Waals surface area (Å²) in [7, 11) is 0. The first-order chi connectivity index (χ1) is 3.50. The van der Waals surface area contributed by atoms with E-state index in [1.165, 1.54) is 0 Å². The number of carbonyl (C=O) groups is 1. The fraction of sp³-hybridized carbons (Fsp3) is 0.500. The van der Waals surface area contributed by atoms with Gasteiger partial charge in [0.15, 0.2) is 5.60 Å². The molecule has 0 bridgehead atoms. The average molecular weight is 114 g/mol. The maximum absolute atomic E-state index is 9.67. The zero-order valence-electron chi connectivity index (χ0n) is 4.21. The first kappa shape index (κ1) is 6.92. The minimum absolute atomic E-state index is 0.850. The van der Waals surface area contributed by atoms with Crippen molar-refractivity contribution >= 4 is 5.97 Å². The van der Waals surface area contributed by atoms with Gasteiger partial charge in [0.1, 0.15) is 6.07 Å². The second-order valence-corrected chi connectivity index (χ2v) is 1.47. The van der Waals surface area contributed by atoms with Crippen LogP contribution in [0.4, 0.5) is 0 Å². The molecule has 0 aromatic carbocycles. The van der Waals surface area contributed by atoms with Crippen LogP contribution in [0.25, 0.3) is 0 Å². The van der Waals surface area contributed by atoms with Crippen LogP contribution in [0.2, 0.25) is 0 Å². The highest BCUT2D eigenvalue weighted by Gasteiger charge is 2.19. The molecule has 4 heteroatoms. The first-order valence-corrected chi connectivity index (χ1v) is 1.86. The normalized spacial score (nSPS) is 16.1. The lowest BCUT2D eigenvalue weighted by Gasteiger charge is -2.13. The molecule has 4 nitrogen and oxygen atoms in total. The number of hydrogen-bond acceptors (Lipinski definition) is 4. The summed E-state index contributed by atoms with van der Waals surface area (Å²) >= 11 is 0. The third kappa shape index (κ3) is 1.21. The molecule has 0 aliphatic rings. The Balaban J connectivity index is 4.19. The van der Waals surface area contributed by atoms with Gasteiger partial charge in [0.05, 0.1) is 5.97 Å². The van der Waals surface area contributed by atoms with Crippen LogP contribution in [0.1, 0.15) is 6.92 Å². The molecule has 0 aromatic rings. The van der Waals surface area contributed by atoms with Crippen LogP contribution in [0.3, 0.4) is 0 Å². The monoisotopic (exact) mass is 114 g/mol. The van der Waals surface area contributed by atoms with E-state index < -0.39 is 11.6 Å². The number of nitrogens with zero attached hydrogens (tertiary/aromatic N) is 1. The molecule has 0 aromatic heterocycles. The summed E-state index contributed by atoms with van der Waals surface area (Å²) in [6, 6.07) is 1.13. The number of aliphatic hydroxyl groups is 1. The minimum Gasteiger partial charge on any atom is -0.546 e. The lowest BCUT2D eigenvalue weighted by atomic mass is 10.1. The standard InChI is InChI=1S/C4H5NO3/c1-4(8,2-5)3(6)7/h8H,1H3,(H,6,7)/p-1. The molecule has 1 unspecified atom stereocenters. The van der Waals surface area contributed by atoms with Crippen molar-refractivity contribution in [1.82, 2.24) is 0 Å². The number of carboxylic acids is 1. The molecule has 1 N–H and O–H groups in total. The highest BCUT2D eigenvalue weighted by atomic mass is 16.4. The molecule has 0 rings (SSSR count). The number of carbonyl (C=O) groups excluding carboxylic acids is 1. The Morgan fingerprint density at radius 1 is 2.00 bits per heavy atom. The zero-order valence-corrected chi connectivity index (χ0v) is 4.21. The third-order valence-electron chi connectivity index (χ3n) is 0.615. The van der Waals surface area contributed by atoms with Crippen molar-refractivity contribution in [2.45, 2.75) is 12.5 Å². The number of nitriles is 1. The summed E-state index contributed by atoms with van der Waals surface area (Å²) in [5.41, 5.74) is -2.35. The number of rotatable bonds is 1. The molecular formula is C4H4NO3-. The van der Waals surface area contributed by atoms with E-state index in [0.29, 0.717) is 0 Å². The van der Waals surface area contributed by atoms with Gasteiger partial charge in [-0.2, -0.15) is 5.26 Å². The maximum atomic E-state index is 9.67. The number of hydrogen-bond donors (Lipinski definition) is 1. The van der Waals surface area contributed by atoms with Crippen molar-refractivity contribution in [1.29, 1.82) is 5.26 Å². The predicted molar refractivity (Wildman–Crippen MR) is 21.2 cm³/mol. The molecular weight excluding hydrogens is 110 g/mol. The number of aliphatic carboxylic acids is 1. The van der Waals surface area contributed by atoms with Crippen molar-refractivity contribution < 1.29 is 15.0 Å². The quantitative estimate of drug-likeness (QED) is 0.400. The van der Waals surface area contributed by atoms with Gasteiger partial charge in [0.25, 0.3) is 0 Å². The van der Waals surface area contributed by atoms with Gasteiger partial charge >= 0.3 is 0 Å². The molecule has 0 heterocycles. The first-order valence-electron chi connectivity index (χ1n) is 1.86. The van der Waals surface area contributed by atoms with E-state index in [2.05, 4.69) is 0 Å². The SMILES string of the molecule is CC(O)(C#N)C(=O)[O-]. The Morgan fingerprint density at radius 3 is 2.38 bits per heavy atom.